The number of carbonyl (C=O) groups is 1. The Kier molecular flexibility index (Phi) is 6.04. The molecule has 0 unspecified atom stereocenters. The number of thioether (sulfide) groups is 1. The van der Waals surface area contributed by atoms with Gasteiger partial charge in [0.15, 0.2) is 14.1 Å². The summed E-state index contributed by atoms with van der Waals surface area (Å²) in [6.07, 6.45) is 0. The summed E-state index contributed by atoms with van der Waals surface area (Å²) in [4.78, 5) is 13.0. The molecule has 0 N–H and O–H groups in total. The highest BCUT2D eigenvalue weighted by Gasteiger charge is 2.18. The summed E-state index contributed by atoms with van der Waals surface area (Å²) in [6, 6.07) is 20.1. The summed E-state index contributed by atoms with van der Waals surface area (Å²) in [7, 11) is 0. The van der Waals surface area contributed by atoms with Gasteiger partial charge < -0.3 is 4.57 Å². The van der Waals surface area contributed by atoms with Crippen molar-refractivity contribution in [3.63, 3.8) is 0 Å². The van der Waals surface area contributed by atoms with Crippen LogP contribution in [-0.2, 0) is 0 Å². The van der Waals surface area contributed by atoms with Crippen molar-refractivity contribution >= 4 is 41.1 Å². The molecule has 152 valence electrons. The third-order valence-corrected chi connectivity index (χ3v) is 7.25. The molecule has 0 aliphatic rings. The molecule has 0 aliphatic carbocycles. The molecule has 2 aromatic heterocycles. The van der Waals surface area contributed by atoms with Gasteiger partial charge in [-0.25, -0.2) is 4.68 Å². The van der Waals surface area contributed by atoms with E-state index in [1.807, 2.05) is 50.2 Å². The van der Waals surface area contributed by atoms with E-state index < -0.39 is 0 Å². The van der Waals surface area contributed by atoms with Crippen molar-refractivity contribution in [3.8, 4) is 11.4 Å². The third-order valence-electron chi connectivity index (χ3n) is 4.88. The van der Waals surface area contributed by atoms with Crippen LogP contribution in [0.3, 0.4) is 0 Å². The molecule has 4 aromatic rings. The molecule has 4 rings (SSSR count). The van der Waals surface area contributed by atoms with E-state index in [1.165, 1.54) is 28.7 Å². The van der Waals surface area contributed by atoms with E-state index in [-0.39, 0.29) is 5.78 Å². The lowest BCUT2D eigenvalue weighted by atomic mass is 10.2. The average Bonchev–Trinajstić information content (AvgIpc) is 3.26. The van der Waals surface area contributed by atoms with Crippen molar-refractivity contribution in [1.82, 2.24) is 14.3 Å². The first-order chi connectivity index (χ1) is 14.4. The van der Waals surface area contributed by atoms with Gasteiger partial charge in [0.05, 0.1) is 11.4 Å². The Hall–Kier alpha value is -2.48. The van der Waals surface area contributed by atoms with Crippen molar-refractivity contribution in [3.05, 3.63) is 87.1 Å². The second-order valence-electron chi connectivity index (χ2n) is 7.05. The minimum atomic E-state index is 0.0961. The lowest BCUT2D eigenvalue weighted by Gasteiger charge is -2.10. The molecule has 0 saturated carbocycles. The topological polar surface area (TPSA) is 39.8 Å². The van der Waals surface area contributed by atoms with Crippen LogP contribution in [0.25, 0.3) is 11.4 Å². The smallest absolute Gasteiger partial charge is 0.184 e. The SMILES string of the molecule is Cc1ccc(-n2c(C)cc(C(=O)CSc3nn(-c4ccccc4)c(=S)s3)c2C)cc1. The maximum Gasteiger partial charge on any atom is 0.184 e. The molecule has 2 heterocycles. The summed E-state index contributed by atoms with van der Waals surface area (Å²) in [5, 5.41) is 4.58. The summed E-state index contributed by atoms with van der Waals surface area (Å²) in [6.45, 7) is 6.10. The zero-order chi connectivity index (χ0) is 21.3. The average molecular weight is 452 g/mol. The molecule has 30 heavy (non-hydrogen) atoms. The van der Waals surface area contributed by atoms with Crippen molar-refractivity contribution < 1.29 is 4.79 Å². The fourth-order valence-corrected chi connectivity index (χ4v) is 5.64. The molecule has 0 spiro atoms. The van der Waals surface area contributed by atoms with Crippen molar-refractivity contribution in [2.75, 3.05) is 5.75 Å². The third kappa shape index (κ3) is 4.19. The second-order valence-corrected chi connectivity index (χ2v) is 9.89. The zero-order valence-electron chi connectivity index (χ0n) is 17.0. The molecule has 7 heteroatoms. The van der Waals surface area contributed by atoms with E-state index in [9.17, 15) is 4.79 Å². The van der Waals surface area contributed by atoms with Gasteiger partial charge in [0.1, 0.15) is 0 Å². The van der Waals surface area contributed by atoms with Crippen molar-refractivity contribution in [2.45, 2.75) is 25.1 Å². The maximum absolute atomic E-state index is 13.0. The number of nitrogens with zero attached hydrogens (tertiary/aromatic N) is 3. The predicted octanol–water partition coefficient (Wildman–Crippen LogP) is 6.35. The van der Waals surface area contributed by atoms with Crippen LogP contribution in [-0.4, -0.2) is 25.9 Å². The van der Waals surface area contributed by atoms with E-state index in [0.717, 1.165) is 32.7 Å². The van der Waals surface area contributed by atoms with E-state index in [2.05, 4.69) is 40.9 Å². The van der Waals surface area contributed by atoms with Crippen LogP contribution in [0.5, 0.6) is 0 Å². The van der Waals surface area contributed by atoms with Gasteiger partial charge in [-0.3, -0.25) is 4.79 Å². The highest BCUT2D eigenvalue weighted by molar-refractivity contribution is 8.01. The molecule has 2 aromatic carbocycles. The number of hydrogen-bond donors (Lipinski definition) is 0. The Morgan fingerprint density at radius 3 is 2.43 bits per heavy atom. The van der Waals surface area contributed by atoms with Crippen LogP contribution < -0.4 is 0 Å². The number of benzene rings is 2. The highest BCUT2D eigenvalue weighted by Crippen LogP contribution is 2.27. The molecular formula is C23H21N3OS3. The molecule has 0 saturated heterocycles. The molecule has 0 radical (unpaired) electrons. The summed E-state index contributed by atoms with van der Waals surface area (Å²) in [5.41, 5.74) is 5.98. The van der Waals surface area contributed by atoms with Gasteiger partial charge in [-0.15, -0.1) is 5.10 Å². The van der Waals surface area contributed by atoms with Crippen LogP contribution in [0.15, 0.2) is 65.0 Å². The predicted molar refractivity (Wildman–Crippen MR) is 127 cm³/mol. The van der Waals surface area contributed by atoms with Gasteiger partial charge in [-0.1, -0.05) is 59.0 Å². The Morgan fingerprint density at radius 1 is 1.03 bits per heavy atom. The number of rotatable bonds is 6. The van der Waals surface area contributed by atoms with Crippen molar-refractivity contribution in [2.24, 2.45) is 0 Å². The standard InChI is InChI=1S/C23H21N3OS3/c1-15-9-11-18(12-10-15)25-16(2)13-20(17(25)3)21(27)14-29-22-24-26(23(28)30-22)19-7-5-4-6-8-19/h4-13H,14H2,1-3H3. The van der Waals surface area contributed by atoms with Gasteiger partial charge in [0.25, 0.3) is 0 Å². The monoisotopic (exact) mass is 451 g/mol. The molecule has 0 bridgehead atoms. The van der Waals surface area contributed by atoms with Crippen molar-refractivity contribution in [1.29, 1.82) is 0 Å². The first kappa shape index (κ1) is 20.8. The fourth-order valence-electron chi connectivity index (χ4n) is 3.39. The van der Waals surface area contributed by atoms with Gasteiger partial charge in [-0.05, 0) is 63.3 Å². The number of aryl methyl sites for hydroxylation is 2. The number of hydrogen-bond acceptors (Lipinski definition) is 5. The van der Waals surface area contributed by atoms with Gasteiger partial charge >= 0.3 is 0 Å². The van der Waals surface area contributed by atoms with Gasteiger partial charge in [0.2, 0.25) is 0 Å². The normalized spacial score (nSPS) is 11.0. The first-order valence-corrected chi connectivity index (χ1v) is 11.7. The molecule has 0 fully saturated rings. The molecule has 0 atom stereocenters. The van der Waals surface area contributed by atoms with Gasteiger partial charge in [0, 0.05) is 22.6 Å². The minimum Gasteiger partial charge on any atom is -0.318 e. The fraction of sp³-hybridized carbons (Fsp3) is 0.174. The molecule has 0 amide bonds. The zero-order valence-corrected chi connectivity index (χ0v) is 19.4. The quantitative estimate of drug-likeness (QED) is 0.194. The van der Waals surface area contributed by atoms with Gasteiger partial charge in [-0.2, -0.15) is 0 Å². The second kappa shape index (κ2) is 8.71. The van der Waals surface area contributed by atoms with E-state index in [0.29, 0.717) is 9.71 Å². The summed E-state index contributed by atoms with van der Waals surface area (Å²) in [5.74, 6) is 0.425. The number of Topliss-reactive ketones (excluding diaryl/α,β-unsaturated/α-hetero) is 1. The van der Waals surface area contributed by atoms with Crippen LogP contribution in [0, 0.1) is 24.7 Å². The van der Waals surface area contributed by atoms with E-state index >= 15 is 0 Å². The summed E-state index contributed by atoms with van der Waals surface area (Å²) < 4.78 is 5.35. The molecule has 4 nitrogen and oxygen atoms in total. The maximum atomic E-state index is 13.0. The minimum absolute atomic E-state index is 0.0961. The Balaban J connectivity index is 1.52. The largest absolute Gasteiger partial charge is 0.318 e. The Morgan fingerprint density at radius 2 is 1.73 bits per heavy atom. The van der Waals surface area contributed by atoms with Crippen LogP contribution in [0.4, 0.5) is 0 Å². The van der Waals surface area contributed by atoms with E-state index in [4.69, 9.17) is 12.2 Å². The van der Waals surface area contributed by atoms with Crippen LogP contribution >= 0.6 is 35.3 Å². The lowest BCUT2D eigenvalue weighted by Crippen LogP contribution is -2.05. The number of ketones is 1. The Labute approximate surface area is 189 Å². The molecule has 0 aliphatic heterocycles. The van der Waals surface area contributed by atoms with E-state index in [1.54, 1.807) is 4.68 Å². The highest BCUT2D eigenvalue weighted by atomic mass is 32.2. The number of para-hydroxylation sites is 1. The summed E-state index contributed by atoms with van der Waals surface area (Å²) >= 11 is 8.32. The number of carbonyl (C=O) groups excluding carboxylic acids is 1. The lowest BCUT2D eigenvalue weighted by molar-refractivity contribution is 0.102. The Bertz CT molecular complexity index is 1250. The molecular weight excluding hydrogens is 430 g/mol. The first-order valence-electron chi connectivity index (χ1n) is 9.51. The van der Waals surface area contributed by atoms with Crippen LogP contribution in [0.1, 0.15) is 27.3 Å². The number of aromatic nitrogens is 3. The van der Waals surface area contributed by atoms with Crippen LogP contribution in [0.2, 0.25) is 0 Å².